The van der Waals surface area contributed by atoms with Gasteiger partial charge in [-0.05, 0) is 126 Å². The van der Waals surface area contributed by atoms with Crippen molar-refractivity contribution in [1.82, 2.24) is 25.0 Å². The first-order chi connectivity index (χ1) is 30.3. The summed E-state index contributed by atoms with van der Waals surface area (Å²) in [5, 5.41) is 8.50. The maximum atomic E-state index is 13.3. The molecule has 2 saturated heterocycles. The number of aromatic nitrogens is 3. The lowest BCUT2D eigenvalue weighted by Gasteiger charge is -2.29. The van der Waals surface area contributed by atoms with Gasteiger partial charge in [-0.1, -0.05) is 56.3 Å². The van der Waals surface area contributed by atoms with Crippen LogP contribution >= 0.6 is 0 Å². The molecule has 0 spiro atoms. The van der Waals surface area contributed by atoms with Crippen LogP contribution in [0.25, 0.3) is 22.4 Å². The van der Waals surface area contributed by atoms with Gasteiger partial charge in [0, 0.05) is 47.3 Å². The van der Waals surface area contributed by atoms with E-state index in [1.54, 1.807) is 6.07 Å². The molecule has 0 bridgehead atoms. The average Bonchev–Trinajstić information content (AvgIpc) is 3.28. The Hall–Kier alpha value is -5.48. The van der Waals surface area contributed by atoms with Gasteiger partial charge in [0.25, 0.3) is 0 Å². The summed E-state index contributed by atoms with van der Waals surface area (Å²) in [7, 11) is 3.99. The van der Waals surface area contributed by atoms with E-state index in [-0.39, 0.29) is 52.2 Å². The average molecular weight is 900 g/mol. The molecule has 1 unspecified atom stereocenters. The zero-order valence-corrected chi connectivity index (χ0v) is 35.9. The Kier molecular flexibility index (Phi) is 16.6. The summed E-state index contributed by atoms with van der Waals surface area (Å²) in [4.78, 5) is 34.2. The molecular formula is C48H50F9N5O2. The second kappa shape index (κ2) is 21.5. The van der Waals surface area contributed by atoms with Crippen LogP contribution in [0.5, 0.6) is 0 Å². The highest BCUT2D eigenvalue weighted by atomic mass is 19.4. The van der Waals surface area contributed by atoms with E-state index >= 15 is 0 Å². The number of halogens is 9. The van der Waals surface area contributed by atoms with E-state index in [9.17, 15) is 49.1 Å². The smallest absolute Gasteiger partial charge is 0.306 e. The molecule has 7 nitrogen and oxygen atoms in total. The van der Waals surface area contributed by atoms with Crippen molar-refractivity contribution in [3.8, 4) is 22.4 Å². The van der Waals surface area contributed by atoms with Crippen LogP contribution in [0.15, 0.2) is 103 Å². The van der Waals surface area contributed by atoms with Gasteiger partial charge < -0.3 is 9.80 Å². The number of hydrogen-bond acceptors (Lipinski definition) is 7. The number of hydrogen-bond donors (Lipinski definition) is 0. The molecule has 0 radical (unpaired) electrons. The van der Waals surface area contributed by atoms with Crippen LogP contribution < -0.4 is 0 Å². The van der Waals surface area contributed by atoms with Crippen LogP contribution in [0.3, 0.4) is 0 Å². The molecule has 0 N–H and O–H groups in total. The highest BCUT2D eigenvalue weighted by Gasteiger charge is 2.35. The number of carbonyl (C=O) groups excluding carboxylic acids is 2. The van der Waals surface area contributed by atoms with Gasteiger partial charge in [0.2, 0.25) is 0 Å². The first kappa shape index (κ1) is 49.5. The molecule has 7 rings (SSSR count). The first-order valence-electron chi connectivity index (χ1n) is 21.0. The molecule has 2 aliphatic rings. The number of pyridine rings is 1. The third-order valence-electron chi connectivity index (χ3n) is 11.4. The second-order valence-corrected chi connectivity index (χ2v) is 15.8. The zero-order valence-electron chi connectivity index (χ0n) is 35.9. The molecule has 2 fully saturated rings. The molecule has 0 amide bonds. The molecule has 5 aromatic rings. The third-order valence-corrected chi connectivity index (χ3v) is 11.4. The van der Waals surface area contributed by atoms with Gasteiger partial charge in [0.15, 0.2) is 5.78 Å². The van der Waals surface area contributed by atoms with Gasteiger partial charge in [-0.25, -0.2) is 0 Å². The highest BCUT2D eigenvalue weighted by molar-refractivity contribution is 6.03. The second-order valence-electron chi connectivity index (χ2n) is 15.8. The quantitative estimate of drug-likeness (QED) is 0.108. The van der Waals surface area contributed by atoms with E-state index in [0.717, 1.165) is 75.4 Å². The molecule has 1 atom stereocenters. The van der Waals surface area contributed by atoms with Crippen molar-refractivity contribution in [3.63, 3.8) is 0 Å². The largest absolute Gasteiger partial charge is 0.416 e. The molecule has 64 heavy (non-hydrogen) atoms. The van der Waals surface area contributed by atoms with E-state index in [4.69, 9.17) is 0 Å². The van der Waals surface area contributed by atoms with Crippen LogP contribution in [0.1, 0.15) is 96.1 Å². The molecule has 4 heterocycles. The van der Waals surface area contributed by atoms with Gasteiger partial charge in [-0.3, -0.25) is 14.6 Å². The Balaban J connectivity index is 0.000000234. The maximum Gasteiger partial charge on any atom is 0.416 e. The minimum Gasteiger partial charge on any atom is -0.306 e. The Bertz CT molecular complexity index is 2320. The first-order valence-corrected chi connectivity index (χ1v) is 21.0. The van der Waals surface area contributed by atoms with Crippen molar-refractivity contribution in [2.75, 3.05) is 40.3 Å². The van der Waals surface area contributed by atoms with Crippen LogP contribution in [-0.4, -0.2) is 76.8 Å². The van der Waals surface area contributed by atoms with Gasteiger partial charge >= 0.3 is 18.5 Å². The van der Waals surface area contributed by atoms with Crippen molar-refractivity contribution in [2.24, 2.45) is 5.92 Å². The van der Waals surface area contributed by atoms with Crippen molar-refractivity contribution in [1.29, 1.82) is 0 Å². The number of carbonyl (C=O) groups is 2. The summed E-state index contributed by atoms with van der Waals surface area (Å²) in [5.74, 6) is -1.47. The van der Waals surface area contributed by atoms with Gasteiger partial charge in [0.05, 0.1) is 28.3 Å². The summed E-state index contributed by atoms with van der Waals surface area (Å²) in [6.07, 6.45) is -7.79. The summed E-state index contributed by atoms with van der Waals surface area (Å²) in [6.45, 7) is 7.28. The van der Waals surface area contributed by atoms with E-state index in [1.165, 1.54) is 60.9 Å². The fourth-order valence-electron chi connectivity index (χ4n) is 7.76. The third kappa shape index (κ3) is 13.1. The number of likely N-dealkylation sites (tertiary alicyclic amines) is 2. The van der Waals surface area contributed by atoms with Gasteiger partial charge in [0.1, 0.15) is 11.5 Å². The summed E-state index contributed by atoms with van der Waals surface area (Å²) < 4.78 is 119. The lowest BCUT2D eigenvalue weighted by atomic mass is 9.81. The molecule has 16 heteroatoms. The predicted molar refractivity (Wildman–Crippen MR) is 226 cm³/mol. The fraction of sp³-hybridized carbons (Fsp3) is 0.396. The minimum atomic E-state index is -4.56. The number of Topliss-reactive ketones (excluding diaryl/α,β-unsaturated/α-hetero) is 2. The fourth-order valence-corrected chi connectivity index (χ4v) is 7.76. The molecule has 0 saturated carbocycles. The van der Waals surface area contributed by atoms with Gasteiger partial charge in [-0.2, -0.15) is 44.6 Å². The number of piperidine rings is 2. The summed E-state index contributed by atoms with van der Waals surface area (Å²) >= 11 is 0. The van der Waals surface area contributed by atoms with E-state index in [1.807, 2.05) is 27.9 Å². The Morgan fingerprint density at radius 3 is 1.66 bits per heavy atom. The molecule has 0 aliphatic carbocycles. The lowest BCUT2D eigenvalue weighted by Crippen LogP contribution is -2.34. The summed E-state index contributed by atoms with van der Waals surface area (Å²) in [5.41, 5.74) is -0.562. The minimum absolute atomic E-state index is 0.0667. The monoisotopic (exact) mass is 899 g/mol. The topological polar surface area (TPSA) is 79.3 Å². The van der Waals surface area contributed by atoms with Crippen molar-refractivity contribution in [2.45, 2.75) is 76.3 Å². The van der Waals surface area contributed by atoms with Crippen LogP contribution in [-0.2, 0) is 23.3 Å². The Morgan fingerprint density at radius 2 is 1.11 bits per heavy atom. The normalized spacial score (nSPS) is 16.2. The number of benzene rings is 3. The number of ketones is 2. The Labute approximate surface area is 366 Å². The predicted octanol–water partition coefficient (Wildman–Crippen LogP) is 12.1. The maximum absolute atomic E-state index is 13.3. The number of nitrogens with zero attached hydrogens (tertiary/aromatic N) is 5. The van der Waals surface area contributed by atoms with Crippen LogP contribution in [0.2, 0.25) is 0 Å². The van der Waals surface area contributed by atoms with Crippen LogP contribution in [0.4, 0.5) is 39.5 Å². The van der Waals surface area contributed by atoms with Crippen LogP contribution in [0, 0.1) is 5.92 Å². The molecule has 2 aromatic heterocycles. The molecule has 342 valence electrons. The van der Waals surface area contributed by atoms with Crippen molar-refractivity contribution >= 4 is 11.6 Å². The standard InChI is InChI=1S/C24H21F6N3.C22H23F3N2O2.C2H6/c1-33-10-8-15(9-11-33)21-14-20(16-4-2-6-18(12-16)23(25,26)27)22(32-31-21)17-5-3-7-19(13-17)24(28,29)30;1-27-11-7-15(8-12-27)20(28)14-19(21(29)16-5-9-26-10-6-16)17-3-2-4-18(13-17)22(23,24)25;1-2/h2-7,12-15H,8-11H2,1H3;2-6,9-10,13,15,19H,7-8,11-12,14H2,1H3;1-2H3. The van der Waals surface area contributed by atoms with Gasteiger partial charge in [-0.15, -0.1) is 5.10 Å². The molecule has 3 aromatic carbocycles. The van der Waals surface area contributed by atoms with E-state index in [2.05, 4.69) is 25.0 Å². The van der Waals surface area contributed by atoms with Crippen molar-refractivity contribution in [3.05, 3.63) is 137 Å². The number of rotatable bonds is 9. The molecular weight excluding hydrogens is 850 g/mol. The summed E-state index contributed by atoms with van der Waals surface area (Å²) in [6, 6.07) is 18.7. The van der Waals surface area contributed by atoms with E-state index in [0.29, 0.717) is 29.7 Å². The van der Waals surface area contributed by atoms with Crippen molar-refractivity contribution < 1.29 is 49.1 Å². The highest BCUT2D eigenvalue weighted by Crippen LogP contribution is 2.40. The number of alkyl halides is 9. The SMILES string of the molecule is CC.CN1CCC(C(=O)CC(C(=O)c2ccncc2)c2cccc(C(F)(F)F)c2)CC1.CN1CCC(c2cc(-c3cccc(C(F)(F)F)c3)c(-c3cccc(C(F)(F)F)c3)nn2)CC1. The molecule has 2 aliphatic heterocycles. The van der Waals surface area contributed by atoms with E-state index < -0.39 is 41.1 Å². The lowest BCUT2D eigenvalue weighted by molar-refractivity contribution is -0.138. The Morgan fingerprint density at radius 1 is 0.625 bits per heavy atom. The zero-order chi connectivity index (χ0) is 46.8.